The summed E-state index contributed by atoms with van der Waals surface area (Å²) < 4.78 is 11.4. The molecule has 96 valence electrons. The van der Waals surface area contributed by atoms with E-state index in [0.717, 1.165) is 25.8 Å². The molecule has 2 saturated heterocycles. The second-order valence-corrected chi connectivity index (χ2v) is 6.22. The zero-order valence-corrected chi connectivity index (χ0v) is 10.7. The van der Waals surface area contributed by atoms with E-state index in [9.17, 15) is 4.79 Å². The molecule has 1 aliphatic carbocycles. The lowest BCUT2D eigenvalue weighted by Crippen LogP contribution is -2.51. The van der Waals surface area contributed by atoms with Gasteiger partial charge in [0.2, 0.25) is 5.91 Å². The van der Waals surface area contributed by atoms with Gasteiger partial charge in [-0.1, -0.05) is 13.8 Å². The van der Waals surface area contributed by atoms with Crippen molar-refractivity contribution in [2.75, 3.05) is 26.3 Å². The molecule has 3 rings (SSSR count). The van der Waals surface area contributed by atoms with Gasteiger partial charge in [-0.05, 0) is 18.3 Å². The summed E-state index contributed by atoms with van der Waals surface area (Å²) >= 11 is 0. The first-order valence-corrected chi connectivity index (χ1v) is 6.59. The Balaban J connectivity index is 1.66. The summed E-state index contributed by atoms with van der Waals surface area (Å²) in [5.74, 6) is 0.0414. The van der Waals surface area contributed by atoms with Crippen molar-refractivity contribution in [1.82, 2.24) is 4.90 Å². The summed E-state index contributed by atoms with van der Waals surface area (Å²) in [5, 5.41) is 0. The van der Waals surface area contributed by atoms with Gasteiger partial charge in [-0.15, -0.1) is 0 Å². The van der Waals surface area contributed by atoms with Crippen LogP contribution >= 0.6 is 0 Å². The Bertz CT molecular complexity index is 334. The molecule has 3 fully saturated rings. The minimum Gasteiger partial charge on any atom is -0.346 e. The number of nitrogens with zero attached hydrogens (tertiary/aromatic N) is 1. The van der Waals surface area contributed by atoms with Gasteiger partial charge in [-0.25, -0.2) is 0 Å². The number of hydrogen-bond acceptors (Lipinski definition) is 3. The average molecular weight is 239 g/mol. The van der Waals surface area contributed by atoms with Gasteiger partial charge in [0.25, 0.3) is 0 Å². The van der Waals surface area contributed by atoms with E-state index in [4.69, 9.17) is 9.47 Å². The third-order valence-corrected chi connectivity index (χ3v) is 4.35. The number of ether oxygens (including phenoxy) is 2. The standard InChI is InChI=1S/C13H21NO3/c1-12(2)8-10(12)11(15)14-5-3-4-13(9-14)16-6-7-17-13/h10H,3-9H2,1-2H3. The van der Waals surface area contributed by atoms with Crippen LogP contribution in [0, 0.1) is 11.3 Å². The smallest absolute Gasteiger partial charge is 0.226 e. The zero-order chi connectivity index (χ0) is 12.1. The van der Waals surface area contributed by atoms with E-state index >= 15 is 0 Å². The molecule has 1 spiro atoms. The van der Waals surface area contributed by atoms with Crippen LogP contribution in [0.5, 0.6) is 0 Å². The summed E-state index contributed by atoms with van der Waals surface area (Å²) in [6.07, 6.45) is 2.93. The molecule has 0 radical (unpaired) electrons. The van der Waals surface area contributed by atoms with E-state index in [-0.39, 0.29) is 11.3 Å². The highest BCUT2D eigenvalue weighted by Gasteiger charge is 2.53. The number of rotatable bonds is 1. The lowest BCUT2D eigenvalue weighted by molar-refractivity contribution is -0.193. The van der Waals surface area contributed by atoms with Crippen LogP contribution in [-0.2, 0) is 14.3 Å². The third kappa shape index (κ3) is 1.97. The monoisotopic (exact) mass is 239 g/mol. The minimum absolute atomic E-state index is 0.207. The van der Waals surface area contributed by atoms with Crippen LogP contribution in [0.2, 0.25) is 0 Å². The molecule has 2 aliphatic heterocycles. The lowest BCUT2D eigenvalue weighted by atomic mass is 10.0. The van der Waals surface area contributed by atoms with Crippen molar-refractivity contribution in [1.29, 1.82) is 0 Å². The molecule has 2 heterocycles. The third-order valence-electron chi connectivity index (χ3n) is 4.35. The van der Waals surface area contributed by atoms with Crippen LogP contribution in [0.3, 0.4) is 0 Å². The molecule has 0 N–H and O–H groups in total. The van der Waals surface area contributed by atoms with E-state index in [1.54, 1.807) is 0 Å². The minimum atomic E-state index is -0.479. The second kappa shape index (κ2) is 3.69. The van der Waals surface area contributed by atoms with Crippen LogP contribution in [0.15, 0.2) is 0 Å². The average Bonchev–Trinajstić information content (AvgIpc) is 2.71. The topological polar surface area (TPSA) is 38.8 Å². The number of carbonyl (C=O) groups is 1. The molecule has 0 aromatic rings. The fourth-order valence-corrected chi connectivity index (χ4v) is 3.02. The van der Waals surface area contributed by atoms with E-state index in [0.29, 0.717) is 25.7 Å². The van der Waals surface area contributed by atoms with Crippen molar-refractivity contribution < 1.29 is 14.3 Å². The maximum atomic E-state index is 12.3. The van der Waals surface area contributed by atoms with Gasteiger partial charge in [0.1, 0.15) is 0 Å². The maximum Gasteiger partial charge on any atom is 0.226 e. The van der Waals surface area contributed by atoms with E-state index in [2.05, 4.69) is 13.8 Å². The Labute approximate surface area is 102 Å². The Morgan fingerprint density at radius 2 is 1.94 bits per heavy atom. The van der Waals surface area contributed by atoms with Crippen molar-refractivity contribution in [3.05, 3.63) is 0 Å². The van der Waals surface area contributed by atoms with Gasteiger partial charge >= 0.3 is 0 Å². The highest BCUT2D eigenvalue weighted by atomic mass is 16.7. The van der Waals surface area contributed by atoms with Crippen LogP contribution in [0.1, 0.15) is 33.1 Å². The van der Waals surface area contributed by atoms with Crippen molar-refractivity contribution >= 4 is 5.91 Å². The van der Waals surface area contributed by atoms with E-state index < -0.39 is 5.79 Å². The molecule has 4 nitrogen and oxygen atoms in total. The van der Waals surface area contributed by atoms with Gasteiger partial charge in [-0.2, -0.15) is 0 Å². The molecule has 0 aromatic carbocycles. The molecule has 17 heavy (non-hydrogen) atoms. The molecule has 4 heteroatoms. The van der Waals surface area contributed by atoms with Crippen LogP contribution in [0.25, 0.3) is 0 Å². The fourth-order valence-electron chi connectivity index (χ4n) is 3.02. The maximum absolute atomic E-state index is 12.3. The highest BCUT2D eigenvalue weighted by molar-refractivity contribution is 5.82. The van der Waals surface area contributed by atoms with Crippen LogP contribution in [0.4, 0.5) is 0 Å². The first-order chi connectivity index (χ1) is 8.03. The summed E-state index contributed by atoms with van der Waals surface area (Å²) in [6, 6.07) is 0. The fraction of sp³-hybridized carbons (Fsp3) is 0.923. The molecule has 0 aromatic heterocycles. The Kier molecular flexibility index (Phi) is 2.49. The molecular formula is C13H21NO3. The number of likely N-dealkylation sites (tertiary alicyclic amines) is 1. The van der Waals surface area contributed by atoms with Gasteiger partial charge in [0.15, 0.2) is 5.79 Å². The summed E-state index contributed by atoms with van der Waals surface area (Å²) in [4.78, 5) is 14.3. The van der Waals surface area contributed by atoms with Crippen LogP contribution in [-0.4, -0.2) is 42.9 Å². The summed E-state index contributed by atoms with van der Waals surface area (Å²) in [6.45, 7) is 7.14. The molecule has 1 atom stereocenters. The van der Waals surface area contributed by atoms with E-state index in [1.807, 2.05) is 4.90 Å². The number of amides is 1. The SMILES string of the molecule is CC1(C)CC1C(=O)N1CCCC2(C1)OCCO2. The van der Waals surface area contributed by atoms with E-state index in [1.165, 1.54) is 0 Å². The molecule has 3 aliphatic rings. The number of piperidine rings is 1. The Morgan fingerprint density at radius 3 is 2.53 bits per heavy atom. The Hall–Kier alpha value is -0.610. The normalized spacial score (nSPS) is 34.0. The number of hydrogen-bond donors (Lipinski definition) is 0. The predicted molar refractivity (Wildman–Crippen MR) is 62.3 cm³/mol. The van der Waals surface area contributed by atoms with Gasteiger partial charge in [0, 0.05) is 18.9 Å². The Morgan fingerprint density at radius 1 is 1.29 bits per heavy atom. The molecule has 1 unspecified atom stereocenters. The second-order valence-electron chi connectivity index (χ2n) is 6.22. The largest absolute Gasteiger partial charge is 0.346 e. The number of carbonyl (C=O) groups excluding carboxylic acids is 1. The molecule has 1 amide bonds. The molecule has 0 bridgehead atoms. The van der Waals surface area contributed by atoms with Gasteiger partial charge < -0.3 is 14.4 Å². The molecular weight excluding hydrogens is 218 g/mol. The molecule has 1 saturated carbocycles. The zero-order valence-electron chi connectivity index (χ0n) is 10.7. The summed E-state index contributed by atoms with van der Waals surface area (Å²) in [5.41, 5.74) is 0.207. The van der Waals surface area contributed by atoms with Crippen molar-refractivity contribution in [3.8, 4) is 0 Å². The van der Waals surface area contributed by atoms with Crippen molar-refractivity contribution in [2.45, 2.75) is 38.9 Å². The lowest BCUT2D eigenvalue weighted by Gasteiger charge is -2.38. The van der Waals surface area contributed by atoms with Crippen molar-refractivity contribution in [3.63, 3.8) is 0 Å². The predicted octanol–water partition coefficient (Wildman–Crippen LogP) is 1.40. The summed E-state index contributed by atoms with van der Waals surface area (Å²) in [7, 11) is 0. The first kappa shape index (κ1) is 11.5. The first-order valence-electron chi connectivity index (χ1n) is 6.59. The van der Waals surface area contributed by atoms with Gasteiger partial charge in [0.05, 0.1) is 19.8 Å². The van der Waals surface area contributed by atoms with Crippen LogP contribution < -0.4 is 0 Å². The quantitative estimate of drug-likeness (QED) is 0.694. The van der Waals surface area contributed by atoms with Crippen molar-refractivity contribution in [2.24, 2.45) is 11.3 Å². The van der Waals surface area contributed by atoms with Gasteiger partial charge in [-0.3, -0.25) is 4.79 Å². The highest BCUT2D eigenvalue weighted by Crippen LogP contribution is 2.52.